The predicted octanol–water partition coefficient (Wildman–Crippen LogP) is 2.49. The van der Waals surface area contributed by atoms with E-state index in [0.29, 0.717) is 18.9 Å². The molecule has 0 aromatic carbocycles. The molecule has 0 aromatic rings. The number of hydrogen-bond donors (Lipinski definition) is 0. The monoisotopic (exact) mass is 207 g/mol. The van der Waals surface area contributed by atoms with Crippen LogP contribution in [-0.4, -0.2) is 36.2 Å². The van der Waals surface area contributed by atoms with Crippen molar-refractivity contribution in [3.63, 3.8) is 0 Å². The number of piperidine rings is 1. The molecular weight excluding hydrogens is 188 g/mol. The third-order valence-corrected chi connectivity index (χ3v) is 2.58. The van der Waals surface area contributed by atoms with Crippen LogP contribution in [0.3, 0.4) is 0 Å². The summed E-state index contributed by atoms with van der Waals surface area (Å²) in [6.07, 6.45) is -1.83. The minimum atomic E-state index is -2.98. The van der Waals surface area contributed by atoms with Gasteiger partial charge in [-0.05, 0) is 26.7 Å². The quantitative estimate of drug-likeness (QED) is 0.705. The highest BCUT2D eigenvalue weighted by molar-refractivity contribution is 4.75. The maximum Gasteiger partial charge on any atom is 0.353 e. The Labute approximate surface area is 84.2 Å². The molecule has 1 saturated heterocycles. The average Bonchev–Trinajstić information content (AvgIpc) is 2.02. The zero-order chi connectivity index (χ0) is 10.8. The molecule has 84 valence electrons. The normalized spacial score (nSPS) is 21.9. The molecule has 0 saturated carbocycles. The number of alkyl halides is 2. The summed E-state index contributed by atoms with van der Waals surface area (Å²) >= 11 is 0. The van der Waals surface area contributed by atoms with Crippen LogP contribution in [0.5, 0.6) is 0 Å². The molecule has 0 spiro atoms. The fourth-order valence-corrected chi connectivity index (χ4v) is 1.80. The summed E-state index contributed by atoms with van der Waals surface area (Å²) in [6, 6.07) is 0.498. The van der Waals surface area contributed by atoms with Crippen LogP contribution >= 0.6 is 0 Å². The fraction of sp³-hybridized carbons (Fsp3) is 1.00. The molecule has 4 heteroatoms. The van der Waals surface area contributed by atoms with Crippen LogP contribution in [0, 0.1) is 0 Å². The molecule has 1 rings (SSSR count). The number of hydrogen-bond acceptors (Lipinski definition) is 2. The van der Waals surface area contributed by atoms with Crippen LogP contribution in [0.4, 0.5) is 8.78 Å². The summed E-state index contributed by atoms with van der Waals surface area (Å²) in [4.78, 5) is 2.29. The molecule has 0 N–H and O–H groups in total. The Kier molecular flexibility index (Phi) is 3.84. The standard InChI is InChI=1S/C10H19F2NO/c1-8(2)13-6-4-9(5-7-13)14-10(3,11)12/h8-9H,4-7H2,1-3H3. The SMILES string of the molecule is CC(C)N1CCC(OC(C)(F)F)CC1. The Balaban J connectivity index is 2.29. The van der Waals surface area contributed by atoms with Crippen molar-refractivity contribution in [3.05, 3.63) is 0 Å². The number of ether oxygens (including phenoxy) is 1. The molecule has 1 aliphatic rings. The molecule has 1 fully saturated rings. The first-order valence-corrected chi connectivity index (χ1v) is 5.18. The van der Waals surface area contributed by atoms with Crippen molar-refractivity contribution >= 4 is 0 Å². The lowest BCUT2D eigenvalue weighted by molar-refractivity contribution is -0.255. The molecule has 1 aliphatic heterocycles. The van der Waals surface area contributed by atoms with Gasteiger partial charge in [0.2, 0.25) is 0 Å². The topological polar surface area (TPSA) is 12.5 Å². The molecular formula is C10H19F2NO. The van der Waals surface area contributed by atoms with Crippen LogP contribution in [0.25, 0.3) is 0 Å². The van der Waals surface area contributed by atoms with Crippen LogP contribution < -0.4 is 0 Å². The van der Waals surface area contributed by atoms with Crippen molar-refractivity contribution < 1.29 is 13.5 Å². The summed E-state index contributed by atoms with van der Waals surface area (Å²) in [5.41, 5.74) is 0. The third kappa shape index (κ3) is 3.88. The Hall–Kier alpha value is -0.220. The number of nitrogens with zero attached hydrogens (tertiary/aromatic N) is 1. The van der Waals surface area contributed by atoms with Gasteiger partial charge in [-0.3, -0.25) is 0 Å². The number of halogens is 2. The molecule has 0 atom stereocenters. The van der Waals surface area contributed by atoms with E-state index in [1.54, 1.807) is 0 Å². The van der Waals surface area contributed by atoms with E-state index in [4.69, 9.17) is 0 Å². The molecule has 0 unspecified atom stereocenters. The second-order valence-electron chi connectivity index (χ2n) is 4.25. The van der Waals surface area contributed by atoms with Gasteiger partial charge in [-0.15, -0.1) is 0 Å². The summed E-state index contributed by atoms with van der Waals surface area (Å²) in [7, 11) is 0. The smallest absolute Gasteiger partial charge is 0.317 e. The van der Waals surface area contributed by atoms with Crippen LogP contribution in [-0.2, 0) is 4.74 Å². The van der Waals surface area contributed by atoms with Crippen LogP contribution in [0.15, 0.2) is 0 Å². The Morgan fingerprint density at radius 3 is 2.14 bits per heavy atom. The molecule has 0 bridgehead atoms. The minimum Gasteiger partial charge on any atom is -0.317 e. The second kappa shape index (κ2) is 4.53. The van der Waals surface area contributed by atoms with Gasteiger partial charge in [-0.2, -0.15) is 8.78 Å². The van der Waals surface area contributed by atoms with Crippen molar-refractivity contribution in [3.8, 4) is 0 Å². The first kappa shape index (κ1) is 11.9. The Bertz CT molecular complexity index is 171. The van der Waals surface area contributed by atoms with Crippen molar-refractivity contribution in [1.29, 1.82) is 0 Å². The summed E-state index contributed by atoms with van der Waals surface area (Å²) in [5.74, 6) is 0. The number of likely N-dealkylation sites (tertiary alicyclic amines) is 1. The Morgan fingerprint density at radius 1 is 1.29 bits per heavy atom. The van der Waals surface area contributed by atoms with E-state index < -0.39 is 6.11 Å². The van der Waals surface area contributed by atoms with Gasteiger partial charge < -0.3 is 9.64 Å². The highest BCUT2D eigenvalue weighted by Crippen LogP contribution is 2.23. The van der Waals surface area contributed by atoms with Crippen molar-refractivity contribution in [2.45, 2.75) is 51.9 Å². The van der Waals surface area contributed by atoms with Gasteiger partial charge in [0.15, 0.2) is 0 Å². The largest absolute Gasteiger partial charge is 0.353 e. The van der Waals surface area contributed by atoms with Crippen LogP contribution in [0.1, 0.15) is 33.6 Å². The number of rotatable bonds is 3. The maximum absolute atomic E-state index is 12.5. The first-order chi connectivity index (χ1) is 6.38. The van der Waals surface area contributed by atoms with E-state index in [1.807, 2.05) is 0 Å². The van der Waals surface area contributed by atoms with Gasteiger partial charge in [-0.1, -0.05) is 0 Å². The maximum atomic E-state index is 12.5. The summed E-state index contributed by atoms with van der Waals surface area (Å²) in [5, 5.41) is 0. The fourth-order valence-electron chi connectivity index (χ4n) is 1.80. The van der Waals surface area contributed by atoms with Gasteiger partial charge >= 0.3 is 6.11 Å². The molecule has 0 aliphatic carbocycles. The van der Waals surface area contributed by atoms with E-state index >= 15 is 0 Å². The van der Waals surface area contributed by atoms with E-state index in [0.717, 1.165) is 20.0 Å². The molecule has 0 radical (unpaired) electrons. The summed E-state index contributed by atoms with van der Waals surface area (Å²) in [6.45, 7) is 6.77. The third-order valence-electron chi connectivity index (χ3n) is 2.58. The van der Waals surface area contributed by atoms with E-state index in [9.17, 15) is 8.78 Å². The van der Waals surface area contributed by atoms with E-state index in [1.165, 1.54) is 0 Å². The molecule has 14 heavy (non-hydrogen) atoms. The zero-order valence-electron chi connectivity index (χ0n) is 9.09. The van der Waals surface area contributed by atoms with Gasteiger partial charge in [0.05, 0.1) is 6.10 Å². The molecule has 1 heterocycles. The molecule has 0 aromatic heterocycles. The van der Waals surface area contributed by atoms with Gasteiger partial charge in [0.1, 0.15) is 0 Å². The van der Waals surface area contributed by atoms with E-state index in [-0.39, 0.29) is 6.10 Å². The highest BCUT2D eigenvalue weighted by Gasteiger charge is 2.30. The van der Waals surface area contributed by atoms with Crippen molar-refractivity contribution in [2.24, 2.45) is 0 Å². The zero-order valence-corrected chi connectivity index (χ0v) is 9.09. The van der Waals surface area contributed by atoms with Gasteiger partial charge in [0.25, 0.3) is 0 Å². The minimum absolute atomic E-state index is 0.273. The average molecular weight is 207 g/mol. The summed E-state index contributed by atoms with van der Waals surface area (Å²) < 4.78 is 29.7. The first-order valence-electron chi connectivity index (χ1n) is 5.18. The van der Waals surface area contributed by atoms with Crippen molar-refractivity contribution in [1.82, 2.24) is 4.90 Å². The Morgan fingerprint density at radius 2 is 1.79 bits per heavy atom. The lowest BCUT2D eigenvalue weighted by atomic mass is 10.1. The lowest BCUT2D eigenvalue weighted by Gasteiger charge is -2.35. The van der Waals surface area contributed by atoms with E-state index in [2.05, 4.69) is 23.5 Å². The lowest BCUT2D eigenvalue weighted by Crippen LogP contribution is -2.42. The van der Waals surface area contributed by atoms with Gasteiger partial charge in [-0.25, -0.2) is 0 Å². The predicted molar refractivity (Wildman–Crippen MR) is 51.4 cm³/mol. The molecule has 2 nitrogen and oxygen atoms in total. The van der Waals surface area contributed by atoms with Crippen LogP contribution in [0.2, 0.25) is 0 Å². The second-order valence-corrected chi connectivity index (χ2v) is 4.25. The highest BCUT2D eigenvalue weighted by atomic mass is 19.3. The molecule has 0 amide bonds. The van der Waals surface area contributed by atoms with Crippen molar-refractivity contribution in [2.75, 3.05) is 13.1 Å². The van der Waals surface area contributed by atoms with Gasteiger partial charge in [0, 0.05) is 26.1 Å².